The molecule has 0 bridgehead atoms. The zero-order valence-electron chi connectivity index (χ0n) is 19.2. The van der Waals surface area contributed by atoms with E-state index in [1.807, 2.05) is 0 Å². The lowest BCUT2D eigenvalue weighted by molar-refractivity contribution is -0.168. The second-order valence-corrected chi connectivity index (χ2v) is 11.6. The molecule has 164 valence electrons. The predicted molar refractivity (Wildman–Crippen MR) is 116 cm³/mol. The third kappa shape index (κ3) is 3.40. The first-order valence-electron chi connectivity index (χ1n) is 12.1. The highest BCUT2D eigenvalue weighted by Crippen LogP contribution is 2.68. The first-order chi connectivity index (χ1) is 13.7. The fourth-order valence-electron chi connectivity index (χ4n) is 8.77. The van der Waals surface area contributed by atoms with E-state index in [4.69, 9.17) is 4.74 Å². The van der Waals surface area contributed by atoms with Crippen molar-refractivity contribution in [3.8, 4) is 0 Å². The van der Waals surface area contributed by atoms with Gasteiger partial charge >= 0.3 is 5.97 Å². The molecule has 0 saturated heterocycles. The van der Waals surface area contributed by atoms with Gasteiger partial charge in [0.2, 0.25) is 0 Å². The number of fused-ring (bicyclic) bond motifs is 5. The van der Waals surface area contributed by atoms with Crippen molar-refractivity contribution in [1.82, 2.24) is 0 Å². The van der Waals surface area contributed by atoms with E-state index in [0.717, 1.165) is 12.3 Å². The highest BCUT2D eigenvalue weighted by atomic mass is 16.5. The van der Waals surface area contributed by atoms with Crippen LogP contribution in [-0.2, 0) is 9.53 Å². The minimum atomic E-state index is -0.256. The molecule has 3 heteroatoms. The van der Waals surface area contributed by atoms with Gasteiger partial charge in [0.25, 0.3) is 0 Å². The quantitative estimate of drug-likeness (QED) is 0.492. The van der Waals surface area contributed by atoms with E-state index in [1.54, 1.807) is 6.08 Å². The molecule has 0 unspecified atom stereocenters. The third-order valence-electron chi connectivity index (χ3n) is 10.4. The summed E-state index contributed by atoms with van der Waals surface area (Å²) in [7, 11) is 1.44. The number of hydrogen-bond donors (Lipinski definition) is 1. The summed E-state index contributed by atoms with van der Waals surface area (Å²) < 4.78 is 4.79. The maximum atomic E-state index is 11.6. The monoisotopic (exact) mass is 402 g/mol. The van der Waals surface area contributed by atoms with E-state index < -0.39 is 0 Å². The van der Waals surface area contributed by atoms with Gasteiger partial charge in [-0.25, -0.2) is 4.79 Å². The summed E-state index contributed by atoms with van der Waals surface area (Å²) in [5, 5.41) is 11.4. The molecule has 4 fully saturated rings. The zero-order chi connectivity index (χ0) is 21.0. The number of aliphatic hydroxyl groups is 1. The van der Waals surface area contributed by atoms with Crippen molar-refractivity contribution in [2.45, 2.75) is 85.2 Å². The van der Waals surface area contributed by atoms with Gasteiger partial charge in [-0.05, 0) is 97.2 Å². The van der Waals surface area contributed by atoms with E-state index in [0.29, 0.717) is 40.9 Å². The molecule has 0 aromatic rings. The maximum absolute atomic E-state index is 11.6. The van der Waals surface area contributed by atoms with Gasteiger partial charge < -0.3 is 9.84 Å². The molecule has 0 aromatic carbocycles. The van der Waals surface area contributed by atoms with Gasteiger partial charge in [-0.3, -0.25) is 0 Å². The van der Waals surface area contributed by atoms with Crippen LogP contribution >= 0.6 is 0 Å². The molecule has 0 spiro atoms. The molecule has 4 aliphatic rings. The van der Waals surface area contributed by atoms with Crippen LogP contribution in [0.5, 0.6) is 0 Å². The summed E-state index contributed by atoms with van der Waals surface area (Å²) in [6.07, 6.45) is 13.6. The lowest BCUT2D eigenvalue weighted by atomic mass is 9.43. The Bertz CT molecular complexity index is 656. The van der Waals surface area contributed by atoms with Crippen LogP contribution in [0.4, 0.5) is 0 Å². The van der Waals surface area contributed by atoms with Crippen LogP contribution in [0.3, 0.4) is 0 Å². The van der Waals surface area contributed by atoms with Crippen LogP contribution in [0.15, 0.2) is 12.2 Å². The molecule has 0 radical (unpaired) electrons. The highest BCUT2D eigenvalue weighted by Gasteiger charge is 2.62. The molecule has 10 atom stereocenters. The molecule has 3 nitrogen and oxygen atoms in total. The number of rotatable bonds is 3. The van der Waals surface area contributed by atoms with Gasteiger partial charge in [-0.2, -0.15) is 0 Å². The number of carbonyl (C=O) groups excluding carboxylic acids is 1. The normalized spacial score (nSPS) is 50.5. The molecule has 29 heavy (non-hydrogen) atoms. The second kappa shape index (κ2) is 7.70. The fraction of sp³-hybridized carbons (Fsp3) is 0.885. The lowest BCUT2D eigenvalue weighted by Gasteiger charge is -2.62. The Morgan fingerprint density at radius 1 is 1.07 bits per heavy atom. The number of aliphatic hydroxyl groups excluding tert-OH is 1. The molecule has 0 amide bonds. The van der Waals surface area contributed by atoms with Crippen molar-refractivity contribution >= 4 is 5.97 Å². The number of hydrogen-bond acceptors (Lipinski definition) is 3. The second-order valence-electron chi connectivity index (χ2n) is 11.6. The standard InChI is InChI=1S/C26H42O3/c1-16-10-12-25(3)18(14-16)15-22(27)24-20-8-7-19(17(2)6-9-23(28)29-5)26(20,4)13-11-21(24)25/h6,9,16-22,24,27H,7-8,10-15H2,1-5H3/b9-6+/t16-,17-,18+,19-,20+,21+,22-,24+,25+,26-/m1/s1. The number of ether oxygens (including phenoxy) is 1. The van der Waals surface area contributed by atoms with Gasteiger partial charge in [0.15, 0.2) is 0 Å². The fourth-order valence-corrected chi connectivity index (χ4v) is 8.77. The predicted octanol–water partition coefficient (Wildman–Crippen LogP) is 5.62. The van der Waals surface area contributed by atoms with Gasteiger partial charge in [-0.1, -0.05) is 40.2 Å². The average Bonchev–Trinajstić information content (AvgIpc) is 3.04. The number of esters is 1. The van der Waals surface area contributed by atoms with Crippen molar-refractivity contribution in [3.63, 3.8) is 0 Å². The summed E-state index contributed by atoms with van der Waals surface area (Å²) in [4.78, 5) is 11.6. The molecule has 4 aliphatic carbocycles. The van der Waals surface area contributed by atoms with Crippen molar-refractivity contribution in [3.05, 3.63) is 12.2 Å². The van der Waals surface area contributed by atoms with Crippen LogP contribution in [0, 0.1) is 52.3 Å². The van der Waals surface area contributed by atoms with Crippen LogP contribution in [0.1, 0.15) is 79.1 Å². The van der Waals surface area contributed by atoms with Crippen LogP contribution in [0.2, 0.25) is 0 Å². The van der Waals surface area contributed by atoms with Gasteiger partial charge in [0, 0.05) is 6.08 Å². The van der Waals surface area contributed by atoms with Gasteiger partial charge in [0.05, 0.1) is 13.2 Å². The molecular weight excluding hydrogens is 360 g/mol. The Hall–Kier alpha value is -0.830. The largest absolute Gasteiger partial charge is 0.466 e. The SMILES string of the molecule is COC(=O)/C=C/[C@@H](C)[C@H]1CC[C@H]2[C@@H]3[C@H](O)C[C@@H]4C[C@H](C)CC[C@]4(C)[C@H]3CC[C@]12C. The van der Waals surface area contributed by atoms with Crippen LogP contribution in [0.25, 0.3) is 0 Å². The Morgan fingerprint density at radius 2 is 1.76 bits per heavy atom. The molecule has 4 rings (SSSR count). The Morgan fingerprint density at radius 3 is 2.48 bits per heavy atom. The summed E-state index contributed by atoms with van der Waals surface area (Å²) in [6.45, 7) is 9.74. The van der Waals surface area contributed by atoms with E-state index in [2.05, 4.69) is 33.8 Å². The van der Waals surface area contributed by atoms with E-state index in [1.165, 1.54) is 52.1 Å². The van der Waals surface area contributed by atoms with Crippen molar-refractivity contribution < 1.29 is 14.6 Å². The minimum Gasteiger partial charge on any atom is -0.466 e. The average molecular weight is 403 g/mol. The van der Waals surface area contributed by atoms with Crippen LogP contribution in [-0.4, -0.2) is 24.3 Å². The van der Waals surface area contributed by atoms with Crippen molar-refractivity contribution in [2.24, 2.45) is 52.3 Å². The summed E-state index contributed by atoms with van der Waals surface area (Å²) in [5.74, 6) is 4.06. The minimum absolute atomic E-state index is 0.118. The number of allylic oxidation sites excluding steroid dienone is 1. The lowest BCUT2D eigenvalue weighted by Crippen LogP contribution is -2.58. The molecule has 4 saturated carbocycles. The van der Waals surface area contributed by atoms with Gasteiger partial charge in [0.1, 0.15) is 0 Å². The number of methoxy groups -OCH3 is 1. The summed E-state index contributed by atoms with van der Waals surface area (Å²) in [5.41, 5.74) is 0.722. The highest BCUT2D eigenvalue weighted by molar-refractivity contribution is 5.81. The van der Waals surface area contributed by atoms with Crippen LogP contribution < -0.4 is 0 Å². The first-order valence-corrected chi connectivity index (χ1v) is 12.1. The molecular formula is C26H42O3. The smallest absolute Gasteiger partial charge is 0.330 e. The maximum Gasteiger partial charge on any atom is 0.330 e. The topological polar surface area (TPSA) is 46.5 Å². The van der Waals surface area contributed by atoms with E-state index >= 15 is 0 Å². The number of carbonyl (C=O) groups is 1. The molecule has 0 aromatic heterocycles. The van der Waals surface area contributed by atoms with Crippen molar-refractivity contribution in [2.75, 3.05) is 7.11 Å². The Labute approximate surface area is 177 Å². The Kier molecular flexibility index (Phi) is 5.68. The van der Waals surface area contributed by atoms with Crippen molar-refractivity contribution in [1.29, 1.82) is 0 Å². The Balaban J connectivity index is 1.56. The molecule has 0 heterocycles. The molecule has 1 N–H and O–H groups in total. The first kappa shape index (κ1) is 21.4. The van der Waals surface area contributed by atoms with Gasteiger partial charge in [-0.15, -0.1) is 0 Å². The molecule has 0 aliphatic heterocycles. The van der Waals surface area contributed by atoms with E-state index in [-0.39, 0.29) is 17.5 Å². The zero-order valence-corrected chi connectivity index (χ0v) is 19.2. The van der Waals surface area contributed by atoms with E-state index in [9.17, 15) is 9.90 Å². The summed E-state index contributed by atoms with van der Waals surface area (Å²) >= 11 is 0. The summed E-state index contributed by atoms with van der Waals surface area (Å²) in [6, 6.07) is 0. The third-order valence-corrected chi connectivity index (χ3v) is 10.4.